The van der Waals surface area contributed by atoms with E-state index in [4.69, 9.17) is 9.47 Å². The van der Waals surface area contributed by atoms with Crippen LogP contribution in [0.3, 0.4) is 0 Å². The molecule has 1 atom stereocenters. The third kappa shape index (κ3) is 1.99. The summed E-state index contributed by atoms with van der Waals surface area (Å²) in [4.78, 5) is 25.7. The average molecular weight is 340 g/mol. The Balaban J connectivity index is 1.90. The Bertz CT molecular complexity index is 531. The summed E-state index contributed by atoms with van der Waals surface area (Å²) < 4.78 is 11.3. The molecule has 0 spiro atoms. The summed E-state index contributed by atoms with van der Waals surface area (Å²) in [6.45, 7) is 2.88. The number of imide groups is 1. The Kier molecular flexibility index (Phi) is 3.40. The lowest BCUT2D eigenvalue weighted by Crippen LogP contribution is -2.51. The van der Waals surface area contributed by atoms with Crippen molar-refractivity contribution in [1.82, 2.24) is 4.90 Å². The number of carbonyl (C=O) groups is 2. The molecule has 106 valence electrons. The van der Waals surface area contributed by atoms with E-state index >= 15 is 0 Å². The minimum Gasteiger partial charge on any atom is -0.345 e. The molecule has 5 nitrogen and oxygen atoms in total. The lowest BCUT2D eigenvalue weighted by molar-refractivity contribution is -0.158. The van der Waals surface area contributed by atoms with Gasteiger partial charge in [0.15, 0.2) is 5.79 Å². The first kappa shape index (κ1) is 13.7. The Morgan fingerprint density at radius 2 is 1.70 bits per heavy atom. The molecule has 1 fully saturated rings. The summed E-state index contributed by atoms with van der Waals surface area (Å²) in [5.74, 6) is -1.55. The van der Waals surface area contributed by atoms with Crippen molar-refractivity contribution in [1.29, 1.82) is 0 Å². The Labute approximate surface area is 125 Å². The van der Waals surface area contributed by atoms with Crippen LogP contribution in [-0.4, -0.2) is 47.1 Å². The molecule has 3 rings (SSSR count). The third-order valence-electron chi connectivity index (χ3n) is 3.64. The maximum absolute atomic E-state index is 12.3. The highest BCUT2D eigenvalue weighted by molar-refractivity contribution is 9.09. The predicted octanol–water partition coefficient (Wildman–Crippen LogP) is 1.81. The first-order valence-corrected chi connectivity index (χ1v) is 7.34. The summed E-state index contributed by atoms with van der Waals surface area (Å²) in [5, 5.41) is 0. The molecule has 1 aromatic rings. The van der Waals surface area contributed by atoms with E-state index in [-0.39, 0.29) is 23.2 Å². The van der Waals surface area contributed by atoms with Crippen LogP contribution < -0.4 is 0 Å². The molecule has 2 aliphatic rings. The van der Waals surface area contributed by atoms with Gasteiger partial charge >= 0.3 is 0 Å². The number of halogens is 1. The molecule has 0 bridgehead atoms. The van der Waals surface area contributed by atoms with Crippen LogP contribution in [0.15, 0.2) is 24.3 Å². The molecule has 1 saturated heterocycles. The van der Waals surface area contributed by atoms with Crippen molar-refractivity contribution in [3.05, 3.63) is 35.4 Å². The highest BCUT2D eigenvalue weighted by Gasteiger charge is 2.47. The highest BCUT2D eigenvalue weighted by atomic mass is 79.9. The zero-order valence-electron chi connectivity index (χ0n) is 11.0. The molecule has 2 heterocycles. The molecule has 20 heavy (non-hydrogen) atoms. The van der Waals surface area contributed by atoms with Crippen molar-refractivity contribution >= 4 is 27.7 Å². The molecule has 2 amide bonds. The first-order chi connectivity index (χ1) is 9.55. The maximum Gasteiger partial charge on any atom is 0.261 e. The van der Waals surface area contributed by atoms with Crippen molar-refractivity contribution in [3.63, 3.8) is 0 Å². The lowest BCUT2D eigenvalue weighted by Gasteiger charge is -2.33. The smallest absolute Gasteiger partial charge is 0.261 e. The predicted molar refractivity (Wildman–Crippen MR) is 74.8 cm³/mol. The minimum atomic E-state index is -0.965. The fourth-order valence-corrected chi connectivity index (χ4v) is 2.93. The van der Waals surface area contributed by atoms with Gasteiger partial charge < -0.3 is 9.47 Å². The third-order valence-corrected chi connectivity index (χ3v) is 4.34. The van der Waals surface area contributed by atoms with Gasteiger partial charge in [0.25, 0.3) is 11.8 Å². The van der Waals surface area contributed by atoms with Crippen LogP contribution in [0.5, 0.6) is 0 Å². The summed E-state index contributed by atoms with van der Waals surface area (Å²) >= 11 is 3.44. The summed E-state index contributed by atoms with van der Waals surface area (Å²) in [6.07, 6.45) is 0. The fourth-order valence-electron chi connectivity index (χ4n) is 2.52. The van der Waals surface area contributed by atoms with E-state index in [1.165, 1.54) is 4.90 Å². The fraction of sp³-hybridized carbons (Fsp3) is 0.429. The summed E-state index contributed by atoms with van der Waals surface area (Å²) in [7, 11) is 0. The van der Waals surface area contributed by atoms with E-state index < -0.39 is 5.79 Å². The molecule has 1 unspecified atom stereocenters. The van der Waals surface area contributed by atoms with E-state index in [0.717, 1.165) is 0 Å². The van der Waals surface area contributed by atoms with Crippen LogP contribution in [0.4, 0.5) is 0 Å². The number of hydrogen-bond donors (Lipinski definition) is 0. The second-order valence-corrected chi connectivity index (χ2v) is 6.24. The van der Waals surface area contributed by atoms with Gasteiger partial charge in [0.05, 0.1) is 35.7 Å². The quantitative estimate of drug-likeness (QED) is 0.622. The molecule has 0 saturated carbocycles. The van der Waals surface area contributed by atoms with Crippen LogP contribution in [-0.2, 0) is 9.47 Å². The van der Waals surface area contributed by atoms with Gasteiger partial charge in [0, 0.05) is 0 Å². The lowest BCUT2D eigenvalue weighted by atomic mass is 10.1. The number of rotatable bonds is 3. The van der Waals surface area contributed by atoms with Crippen LogP contribution >= 0.6 is 15.9 Å². The molecular formula is C14H14BrNO4. The maximum atomic E-state index is 12.3. The zero-order chi connectivity index (χ0) is 14.3. The molecular weight excluding hydrogens is 326 g/mol. The summed E-state index contributed by atoms with van der Waals surface area (Å²) in [6, 6.07) is 6.82. The molecule has 0 aromatic heterocycles. The standard InChI is InChI=1S/C14H14BrNO4/c1-9(15)14(19-6-7-20-14)8-16-12(17)10-4-2-3-5-11(10)13(16)18/h2-5,9H,6-8H2,1H3. The molecule has 2 aliphatic heterocycles. The van der Waals surface area contributed by atoms with Gasteiger partial charge in [0.1, 0.15) is 0 Å². The van der Waals surface area contributed by atoms with Crippen LogP contribution in [0.25, 0.3) is 0 Å². The van der Waals surface area contributed by atoms with Crippen LogP contribution in [0.1, 0.15) is 27.6 Å². The number of hydrogen-bond acceptors (Lipinski definition) is 4. The van der Waals surface area contributed by atoms with Gasteiger partial charge in [-0.2, -0.15) is 0 Å². The number of benzene rings is 1. The monoisotopic (exact) mass is 339 g/mol. The molecule has 1 aromatic carbocycles. The Hall–Kier alpha value is -1.24. The van der Waals surface area contributed by atoms with Crippen molar-refractivity contribution in [2.45, 2.75) is 17.5 Å². The normalized spacial score (nSPS) is 22.2. The molecule has 6 heteroatoms. The minimum absolute atomic E-state index is 0.0891. The van der Waals surface area contributed by atoms with E-state index in [0.29, 0.717) is 24.3 Å². The van der Waals surface area contributed by atoms with Gasteiger partial charge in [-0.25, -0.2) is 0 Å². The zero-order valence-corrected chi connectivity index (χ0v) is 12.6. The second-order valence-electron chi connectivity index (χ2n) is 4.87. The van der Waals surface area contributed by atoms with E-state index in [2.05, 4.69) is 15.9 Å². The number of amides is 2. The van der Waals surface area contributed by atoms with Gasteiger partial charge in [-0.1, -0.05) is 28.1 Å². The second kappa shape index (κ2) is 4.95. The number of nitrogens with zero attached hydrogens (tertiary/aromatic N) is 1. The number of carbonyl (C=O) groups excluding carboxylic acids is 2. The van der Waals surface area contributed by atoms with Gasteiger partial charge in [-0.05, 0) is 19.1 Å². The van der Waals surface area contributed by atoms with Gasteiger partial charge in [-0.3, -0.25) is 14.5 Å². The summed E-state index contributed by atoms with van der Waals surface area (Å²) in [5.41, 5.74) is 0.876. The molecule has 0 aliphatic carbocycles. The molecule has 0 radical (unpaired) electrons. The topological polar surface area (TPSA) is 55.8 Å². The van der Waals surface area contributed by atoms with Gasteiger partial charge in [-0.15, -0.1) is 0 Å². The number of alkyl halides is 1. The van der Waals surface area contributed by atoms with Gasteiger partial charge in [0.2, 0.25) is 0 Å². The SMILES string of the molecule is CC(Br)C1(CN2C(=O)c3ccccc3C2=O)OCCO1. The largest absolute Gasteiger partial charge is 0.345 e. The van der Waals surface area contributed by atoms with Crippen molar-refractivity contribution in [2.24, 2.45) is 0 Å². The Morgan fingerprint density at radius 3 is 2.15 bits per heavy atom. The highest BCUT2D eigenvalue weighted by Crippen LogP contribution is 2.32. The van der Waals surface area contributed by atoms with Crippen molar-refractivity contribution < 1.29 is 19.1 Å². The Morgan fingerprint density at radius 1 is 1.20 bits per heavy atom. The average Bonchev–Trinajstić information content (AvgIpc) is 3.01. The van der Waals surface area contributed by atoms with E-state index in [9.17, 15) is 9.59 Å². The van der Waals surface area contributed by atoms with E-state index in [1.807, 2.05) is 6.92 Å². The molecule has 0 N–H and O–H groups in total. The van der Waals surface area contributed by atoms with Crippen LogP contribution in [0.2, 0.25) is 0 Å². The van der Waals surface area contributed by atoms with E-state index in [1.54, 1.807) is 24.3 Å². The first-order valence-electron chi connectivity index (χ1n) is 6.42. The van der Waals surface area contributed by atoms with Crippen LogP contribution in [0, 0.1) is 0 Å². The number of fused-ring (bicyclic) bond motifs is 1. The van der Waals surface area contributed by atoms with Crippen molar-refractivity contribution in [3.8, 4) is 0 Å². The van der Waals surface area contributed by atoms with Crippen molar-refractivity contribution in [2.75, 3.05) is 19.8 Å². The number of ether oxygens (including phenoxy) is 2.